The van der Waals surface area contributed by atoms with Gasteiger partial charge in [0.1, 0.15) is 18.0 Å². The van der Waals surface area contributed by atoms with Crippen LogP contribution in [0.25, 0.3) is 0 Å². The van der Waals surface area contributed by atoms with Crippen LogP contribution in [0.3, 0.4) is 0 Å². The normalized spacial score (nSPS) is 13.3. The molecule has 6 heteroatoms. The molecule has 3 heterocycles. The number of anilines is 1. The van der Waals surface area contributed by atoms with Crippen LogP contribution in [0.5, 0.6) is 0 Å². The first-order valence-corrected chi connectivity index (χ1v) is 8.56. The second kappa shape index (κ2) is 6.63. The summed E-state index contributed by atoms with van der Waals surface area (Å²) in [7, 11) is 0. The van der Waals surface area contributed by atoms with Crippen molar-refractivity contribution in [2.75, 3.05) is 4.90 Å². The Morgan fingerprint density at radius 2 is 1.96 bits per heavy atom. The third kappa shape index (κ3) is 3.12. The summed E-state index contributed by atoms with van der Waals surface area (Å²) in [6.07, 6.45) is 7.51. The van der Waals surface area contributed by atoms with E-state index in [0.29, 0.717) is 6.54 Å². The largest absolute Gasteiger partial charge is 0.346 e. The summed E-state index contributed by atoms with van der Waals surface area (Å²) in [5, 5.41) is 4.51. The Labute approximate surface area is 146 Å². The van der Waals surface area contributed by atoms with Crippen LogP contribution in [0.15, 0.2) is 43.0 Å². The number of hydrogen-bond acceptors (Lipinski definition) is 4. The molecule has 1 aliphatic heterocycles. The first-order chi connectivity index (χ1) is 12.2. The SMILES string of the molecule is CCCc1cncnc1N1Cc2cnn(Cc3ccc(F)cc3)c2C1. The molecule has 0 fully saturated rings. The average molecular weight is 337 g/mol. The molecule has 4 rings (SSSR count). The van der Waals surface area contributed by atoms with Gasteiger partial charge in [-0.25, -0.2) is 14.4 Å². The molecule has 1 aliphatic rings. The zero-order valence-electron chi connectivity index (χ0n) is 14.2. The molecule has 25 heavy (non-hydrogen) atoms. The molecule has 0 saturated heterocycles. The highest BCUT2D eigenvalue weighted by atomic mass is 19.1. The number of hydrogen-bond donors (Lipinski definition) is 0. The second-order valence-corrected chi connectivity index (χ2v) is 6.38. The molecule has 0 aliphatic carbocycles. The fourth-order valence-electron chi connectivity index (χ4n) is 3.34. The van der Waals surface area contributed by atoms with Crippen molar-refractivity contribution in [2.45, 2.75) is 39.4 Å². The van der Waals surface area contributed by atoms with Crippen molar-refractivity contribution in [3.63, 3.8) is 0 Å². The van der Waals surface area contributed by atoms with Gasteiger partial charge >= 0.3 is 0 Å². The molecule has 0 atom stereocenters. The van der Waals surface area contributed by atoms with Gasteiger partial charge in [0.15, 0.2) is 0 Å². The van der Waals surface area contributed by atoms with Crippen LogP contribution in [-0.2, 0) is 26.1 Å². The smallest absolute Gasteiger partial charge is 0.135 e. The van der Waals surface area contributed by atoms with E-state index in [-0.39, 0.29) is 5.82 Å². The van der Waals surface area contributed by atoms with Crippen molar-refractivity contribution in [1.82, 2.24) is 19.7 Å². The summed E-state index contributed by atoms with van der Waals surface area (Å²) in [6, 6.07) is 6.59. The summed E-state index contributed by atoms with van der Waals surface area (Å²) in [5.74, 6) is 0.800. The highest BCUT2D eigenvalue weighted by Gasteiger charge is 2.26. The first kappa shape index (κ1) is 15.7. The lowest BCUT2D eigenvalue weighted by molar-refractivity contribution is 0.620. The number of fused-ring (bicyclic) bond motifs is 1. The Morgan fingerprint density at radius 1 is 1.12 bits per heavy atom. The predicted molar refractivity (Wildman–Crippen MR) is 93.6 cm³/mol. The molecule has 3 aromatic rings. The van der Waals surface area contributed by atoms with Crippen molar-refractivity contribution in [2.24, 2.45) is 0 Å². The maximum Gasteiger partial charge on any atom is 0.135 e. The lowest BCUT2D eigenvalue weighted by atomic mass is 10.2. The maximum absolute atomic E-state index is 13.1. The van der Waals surface area contributed by atoms with Gasteiger partial charge in [-0.05, 0) is 24.1 Å². The molecule has 0 amide bonds. The van der Waals surface area contributed by atoms with Gasteiger partial charge in [0.05, 0.1) is 25.0 Å². The number of benzene rings is 1. The molecule has 0 radical (unpaired) electrons. The number of aromatic nitrogens is 4. The first-order valence-electron chi connectivity index (χ1n) is 8.56. The van der Waals surface area contributed by atoms with E-state index in [1.54, 1.807) is 18.5 Å². The number of rotatable bonds is 5. The van der Waals surface area contributed by atoms with Gasteiger partial charge in [-0.1, -0.05) is 25.5 Å². The van der Waals surface area contributed by atoms with Crippen LogP contribution in [-0.4, -0.2) is 19.7 Å². The van der Waals surface area contributed by atoms with Gasteiger partial charge in [-0.3, -0.25) is 4.68 Å². The molecular weight excluding hydrogens is 317 g/mol. The molecular formula is C19H20FN5. The van der Waals surface area contributed by atoms with Crippen molar-refractivity contribution >= 4 is 5.82 Å². The molecule has 0 unspecified atom stereocenters. The Balaban J connectivity index is 1.56. The summed E-state index contributed by atoms with van der Waals surface area (Å²) in [4.78, 5) is 11.0. The molecule has 1 aromatic carbocycles. The van der Waals surface area contributed by atoms with E-state index in [4.69, 9.17) is 0 Å². The van der Waals surface area contributed by atoms with Crippen molar-refractivity contribution in [1.29, 1.82) is 0 Å². The zero-order chi connectivity index (χ0) is 17.2. The minimum Gasteiger partial charge on any atom is -0.346 e. The van der Waals surface area contributed by atoms with E-state index in [0.717, 1.165) is 37.3 Å². The number of halogens is 1. The van der Waals surface area contributed by atoms with Crippen LogP contribution in [0.2, 0.25) is 0 Å². The highest BCUT2D eigenvalue weighted by Crippen LogP contribution is 2.29. The Bertz CT molecular complexity index is 872. The molecule has 0 bridgehead atoms. The van der Waals surface area contributed by atoms with E-state index in [9.17, 15) is 4.39 Å². The molecule has 0 saturated carbocycles. The standard InChI is InChI=1S/C19H20FN5/c1-2-3-15-8-21-13-22-19(15)24-11-16-9-23-25(18(16)12-24)10-14-4-6-17(20)7-5-14/h4-9,13H,2-3,10-12H2,1H3. The van der Waals surface area contributed by atoms with E-state index < -0.39 is 0 Å². The van der Waals surface area contributed by atoms with Gasteiger partial charge in [0.25, 0.3) is 0 Å². The Kier molecular flexibility index (Phi) is 4.17. The van der Waals surface area contributed by atoms with Crippen LogP contribution in [0.1, 0.15) is 35.7 Å². The molecule has 0 spiro atoms. The third-order valence-electron chi connectivity index (χ3n) is 4.57. The van der Waals surface area contributed by atoms with E-state index >= 15 is 0 Å². The molecule has 5 nitrogen and oxygen atoms in total. The Morgan fingerprint density at radius 3 is 2.76 bits per heavy atom. The van der Waals surface area contributed by atoms with Crippen molar-refractivity contribution in [3.05, 3.63) is 71.2 Å². The van der Waals surface area contributed by atoms with E-state index in [1.165, 1.54) is 29.0 Å². The van der Waals surface area contributed by atoms with Gasteiger partial charge in [0, 0.05) is 23.9 Å². The Hall–Kier alpha value is -2.76. The molecule has 128 valence electrons. The topological polar surface area (TPSA) is 46.8 Å². The summed E-state index contributed by atoms with van der Waals surface area (Å²) in [5.41, 5.74) is 4.65. The summed E-state index contributed by atoms with van der Waals surface area (Å²) < 4.78 is 15.1. The fourth-order valence-corrected chi connectivity index (χ4v) is 3.34. The van der Waals surface area contributed by atoms with Crippen LogP contribution < -0.4 is 4.90 Å². The quantitative estimate of drug-likeness (QED) is 0.716. The van der Waals surface area contributed by atoms with Crippen molar-refractivity contribution < 1.29 is 4.39 Å². The minimum absolute atomic E-state index is 0.215. The van der Waals surface area contributed by atoms with Gasteiger partial charge in [-0.2, -0.15) is 5.10 Å². The maximum atomic E-state index is 13.1. The van der Waals surface area contributed by atoms with Crippen molar-refractivity contribution in [3.8, 4) is 0 Å². The molecule has 2 aromatic heterocycles. The summed E-state index contributed by atoms with van der Waals surface area (Å²) >= 11 is 0. The number of aryl methyl sites for hydroxylation is 1. The second-order valence-electron chi connectivity index (χ2n) is 6.38. The van der Waals surface area contributed by atoms with Gasteiger partial charge in [-0.15, -0.1) is 0 Å². The number of nitrogens with zero attached hydrogens (tertiary/aromatic N) is 5. The predicted octanol–water partition coefficient (Wildman–Crippen LogP) is 3.33. The zero-order valence-corrected chi connectivity index (χ0v) is 14.2. The fraction of sp³-hybridized carbons (Fsp3) is 0.316. The highest BCUT2D eigenvalue weighted by molar-refractivity contribution is 5.50. The lowest BCUT2D eigenvalue weighted by Crippen LogP contribution is -2.20. The van der Waals surface area contributed by atoms with Crippen LogP contribution in [0.4, 0.5) is 10.2 Å². The molecule has 0 N–H and O–H groups in total. The lowest BCUT2D eigenvalue weighted by Gasteiger charge is -2.20. The van der Waals surface area contributed by atoms with E-state index in [1.807, 2.05) is 17.1 Å². The van der Waals surface area contributed by atoms with Gasteiger partial charge < -0.3 is 4.90 Å². The van der Waals surface area contributed by atoms with Gasteiger partial charge in [0.2, 0.25) is 0 Å². The third-order valence-corrected chi connectivity index (χ3v) is 4.57. The average Bonchev–Trinajstić information content (AvgIpc) is 3.20. The summed E-state index contributed by atoms with van der Waals surface area (Å²) in [6.45, 7) is 4.40. The van der Waals surface area contributed by atoms with Crippen LogP contribution in [0, 0.1) is 5.82 Å². The van der Waals surface area contributed by atoms with E-state index in [2.05, 4.69) is 26.9 Å². The monoisotopic (exact) mass is 337 g/mol. The minimum atomic E-state index is -0.215. The van der Waals surface area contributed by atoms with Crippen LogP contribution >= 0.6 is 0 Å².